The summed E-state index contributed by atoms with van der Waals surface area (Å²) in [4.78, 5) is 15.4. The summed E-state index contributed by atoms with van der Waals surface area (Å²) in [5.41, 5.74) is -0.00873. The van der Waals surface area contributed by atoms with Crippen molar-refractivity contribution in [3.63, 3.8) is 0 Å². The second kappa shape index (κ2) is 13.0. The van der Waals surface area contributed by atoms with Gasteiger partial charge in [-0.25, -0.2) is 0 Å². The summed E-state index contributed by atoms with van der Waals surface area (Å²) >= 11 is 0. The third kappa shape index (κ3) is 8.27. The van der Waals surface area contributed by atoms with Crippen LogP contribution in [0.25, 0.3) is 0 Å². The molecule has 1 aromatic carbocycles. The fourth-order valence-corrected chi connectivity index (χ4v) is 3.75. The van der Waals surface area contributed by atoms with E-state index in [1.807, 2.05) is 31.2 Å². The average molecular weight is 419 g/mol. The number of ether oxygens (including phenoxy) is 2. The number of anilines is 1. The predicted molar refractivity (Wildman–Crippen MR) is 124 cm³/mol. The Morgan fingerprint density at radius 2 is 1.80 bits per heavy atom. The Balaban J connectivity index is 1.76. The number of amides is 1. The number of likely N-dealkylation sites (tertiary alicyclic amines) is 1. The van der Waals surface area contributed by atoms with E-state index in [1.54, 1.807) is 0 Å². The summed E-state index contributed by atoms with van der Waals surface area (Å²) in [6, 6.07) is 7.65. The van der Waals surface area contributed by atoms with Crippen LogP contribution in [0.15, 0.2) is 24.3 Å². The third-order valence-electron chi connectivity index (χ3n) is 5.99. The van der Waals surface area contributed by atoms with E-state index in [0.717, 1.165) is 62.6 Å². The van der Waals surface area contributed by atoms with Gasteiger partial charge in [0.2, 0.25) is 0 Å². The van der Waals surface area contributed by atoms with Crippen LogP contribution < -0.4 is 10.1 Å². The standard InChI is InChI=1S/C25H42N2O3/c1-5-7-15-25(4,30-19-6-2)24(28)26-22-9-11-23(12-10-22)29-20-8-16-27-17-13-21(3)14-18-27/h9-12,21H,5-8,13-20H2,1-4H3,(H,26,28). The highest BCUT2D eigenvalue weighted by atomic mass is 16.5. The van der Waals surface area contributed by atoms with E-state index in [0.29, 0.717) is 6.61 Å². The maximum atomic E-state index is 12.8. The highest BCUT2D eigenvalue weighted by molar-refractivity contribution is 5.97. The van der Waals surface area contributed by atoms with Crippen molar-refractivity contribution < 1.29 is 14.3 Å². The first kappa shape index (κ1) is 24.7. The lowest BCUT2D eigenvalue weighted by molar-refractivity contribution is -0.140. The van der Waals surface area contributed by atoms with Crippen LogP contribution in [0.4, 0.5) is 5.69 Å². The molecule has 1 atom stereocenters. The molecule has 0 aromatic heterocycles. The monoisotopic (exact) mass is 418 g/mol. The van der Waals surface area contributed by atoms with Gasteiger partial charge in [0.05, 0.1) is 6.61 Å². The smallest absolute Gasteiger partial charge is 0.256 e. The second-order valence-corrected chi connectivity index (χ2v) is 8.89. The minimum Gasteiger partial charge on any atom is -0.494 e. The molecule has 1 aliphatic heterocycles. The molecule has 5 heteroatoms. The normalized spacial score (nSPS) is 17.5. The van der Waals surface area contributed by atoms with Crippen LogP contribution in [0.1, 0.15) is 72.6 Å². The first-order valence-corrected chi connectivity index (χ1v) is 11.9. The Bertz CT molecular complexity index is 601. The third-order valence-corrected chi connectivity index (χ3v) is 5.99. The lowest BCUT2D eigenvalue weighted by Crippen LogP contribution is -2.43. The number of unbranched alkanes of at least 4 members (excludes halogenated alkanes) is 1. The molecule has 0 radical (unpaired) electrons. The Morgan fingerprint density at radius 1 is 1.10 bits per heavy atom. The van der Waals surface area contributed by atoms with Crippen molar-refractivity contribution in [1.29, 1.82) is 0 Å². The molecule has 1 fully saturated rings. The number of carbonyl (C=O) groups excluding carboxylic acids is 1. The van der Waals surface area contributed by atoms with Crippen molar-refractivity contribution in [2.24, 2.45) is 5.92 Å². The molecule has 0 bridgehead atoms. The summed E-state index contributed by atoms with van der Waals surface area (Å²) in [6.45, 7) is 13.3. The molecule has 0 spiro atoms. The lowest BCUT2D eigenvalue weighted by Gasteiger charge is -2.30. The Morgan fingerprint density at radius 3 is 2.43 bits per heavy atom. The number of hydrogen-bond acceptors (Lipinski definition) is 4. The van der Waals surface area contributed by atoms with Crippen LogP contribution in [0, 0.1) is 5.92 Å². The molecular formula is C25H42N2O3. The van der Waals surface area contributed by atoms with E-state index in [-0.39, 0.29) is 5.91 Å². The van der Waals surface area contributed by atoms with Gasteiger partial charge in [-0.05, 0) is 82.3 Å². The molecule has 1 N–H and O–H groups in total. The van der Waals surface area contributed by atoms with E-state index >= 15 is 0 Å². The van der Waals surface area contributed by atoms with Crippen LogP contribution in [0.5, 0.6) is 5.75 Å². The first-order chi connectivity index (χ1) is 14.5. The van der Waals surface area contributed by atoms with Gasteiger partial charge < -0.3 is 19.7 Å². The van der Waals surface area contributed by atoms with Gasteiger partial charge in [0, 0.05) is 18.8 Å². The molecule has 1 saturated heterocycles. The summed E-state index contributed by atoms with van der Waals surface area (Å²) in [5, 5.41) is 3.02. The number of hydrogen-bond donors (Lipinski definition) is 1. The molecule has 1 heterocycles. The minimum atomic E-state index is -0.784. The number of nitrogens with zero attached hydrogens (tertiary/aromatic N) is 1. The Kier molecular flexibility index (Phi) is 10.7. The van der Waals surface area contributed by atoms with E-state index in [9.17, 15) is 4.79 Å². The number of rotatable bonds is 13. The second-order valence-electron chi connectivity index (χ2n) is 8.89. The number of piperidine rings is 1. The number of carbonyl (C=O) groups is 1. The molecule has 2 rings (SSSR count). The van der Waals surface area contributed by atoms with Crippen LogP contribution in [0.3, 0.4) is 0 Å². The largest absolute Gasteiger partial charge is 0.494 e. The summed E-state index contributed by atoms with van der Waals surface area (Å²) < 4.78 is 11.8. The fourth-order valence-electron chi connectivity index (χ4n) is 3.75. The van der Waals surface area contributed by atoms with E-state index < -0.39 is 5.60 Å². The number of benzene rings is 1. The quantitative estimate of drug-likeness (QED) is 0.430. The van der Waals surface area contributed by atoms with Crippen molar-refractivity contribution in [2.45, 2.75) is 78.2 Å². The van der Waals surface area contributed by atoms with E-state index in [1.165, 1.54) is 25.9 Å². The molecule has 1 unspecified atom stereocenters. The molecule has 170 valence electrons. The lowest BCUT2D eigenvalue weighted by atomic mass is 9.97. The predicted octanol–water partition coefficient (Wildman–Crippen LogP) is 5.50. The van der Waals surface area contributed by atoms with Gasteiger partial charge >= 0.3 is 0 Å². The fraction of sp³-hybridized carbons (Fsp3) is 0.720. The number of nitrogens with one attached hydrogen (secondary N) is 1. The van der Waals surface area contributed by atoms with Crippen molar-refractivity contribution in [2.75, 3.05) is 38.2 Å². The molecule has 0 aliphatic carbocycles. The van der Waals surface area contributed by atoms with Crippen LogP contribution in [0.2, 0.25) is 0 Å². The SMILES string of the molecule is CCCCC(C)(OCCC)C(=O)Nc1ccc(OCCCN2CCC(C)CC2)cc1. The van der Waals surface area contributed by atoms with E-state index in [4.69, 9.17) is 9.47 Å². The molecule has 30 heavy (non-hydrogen) atoms. The first-order valence-electron chi connectivity index (χ1n) is 11.9. The molecule has 1 aliphatic rings. The van der Waals surface area contributed by atoms with Crippen LogP contribution >= 0.6 is 0 Å². The van der Waals surface area contributed by atoms with Gasteiger partial charge in [0.25, 0.3) is 5.91 Å². The Labute approximate surface area is 183 Å². The molecule has 0 saturated carbocycles. The Hall–Kier alpha value is -1.59. The van der Waals surface area contributed by atoms with Crippen LogP contribution in [-0.4, -0.2) is 49.3 Å². The summed E-state index contributed by atoms with van der Waals surface area (Å²) in [7, 11) is 0. The highest BCUT2D eigenvalue weighted by Crippen LogP contribution is 2.23. The van der Waals surface area contributed by atoms with Gasteiger partial charge in [-0.15, -0.1) is 0 Å². The highest BCUT2D eigenvalue weighted by Gasteiger charge is 2.33. The van der Waals surface area contributed by atoms with Crippen molar-refractivity contribution in [1.82, 2.24) is 4.90 Å². The van der Waals surface area contributed by atoms with Gasteiger partial charge in [-0.1, -0.05) is 33.6 Å². The maximum Gasteiger partial charge on any atom is 0.256 e. The van der Waals surface area contributed by atoms with Gasteiger partial charge in [0.1, 0.15) is 11.4 Å². The van der Waals surface area contributed by atoms with Gasteiger partial charge in [0.15, 0.2) is 0 Å². The zero-order valence-electron chi connectivity index (χ0n) is 19.5. The summed E-state index contributed by atoms with van der Waals surface area (Å²) in [6.07, 6.45) is 7.31. The summed E-state index contributed by atoms with van der Waals surface area (Å²) in [5.74, 6) is 1.64. The zero-order chi connectivity index (χ0) is 21.8. The molecular weight excluding hydrogens is 376 g/mol. The van der Waals surface area contributed by atoms with Gasteiger partial charge in [-0.2, -0.15) is 0 Å². The van der Waals surface area contributed by atoms with Crippen molar-refractivity contribution in [3.05, 3.63) is 24.3 Å². The van der Waals surface area contributed by atoms with Crippen molar-refractivity contribution in [3.8, 4) is 5.75 Å². The maximum absolute atomic E-state index is 12.8. The molecule has 1 aromatic rings. The average Bonchev–Trinajstić information content (AvgIpc) is 2.76. The molecule has 1 amide bonds. The van der Waals surface area contributed by atoms with Crippen LogP contribution in [-0.2, 0) is 9.53 Å². The topological polar surface area (TPSA) is 50.8 Å². The zero-order valence-corrected chi connectivity index (χ0v) is 19.5. The van der Waals surface area contributed by atoms with Crippen molar-refractivity contribution >= 4 is 11.6 Å². The minimum absolute atomic E-state index is 0.0751. The van der Waals surface area contributed by atoms with Gasteiger partial charge in [-0.3, -0.25) is 4.79 Å². The van der Waals surface area contributed by atoms with E-state index in [2.05, 4.69) is 31.0 Å². The molecule has 5 nitrogen and oxygen atoms in total.